The number of ether oxygens (including phenoxy) is 1. The highest BCUT2D eigenvalue weighted by Crippen LogP contribution is 2.34. The second kappa shape index (κ2) is 8.53. The molecule has 3 heterocycles. The lowest BCUT2D eigenvalue weighted by Gasteiger charge is -2.29. The molecular formula is C23H22N6O2. The standard InChI is InChI=1S/C23H22N6O2/c30-23(18-8-5-11-24-26-18)25-22-21-19(28-12-14-31-15-13-28)9-4-10-20(21)29(27-22)16-17-6-2-1-3-7-17/h1-11H,12-16H2,(H,25,27,30). The number of carbonyl (C=O) groups excluding carboxylic acids is 1. The summed E-state index contributed by atoms with van der Waals surface area (Å²) in [4.78, 5) is 15.1. The van der Waals surface area contributed by atoms with Gasteiger partial charge in [0.05, 0.1) is 36.3 Å². The Hall–Kier alpha value is -3.78. The van der Waals surface area contributed by atoms with Gasteiger partial charge in [0.25, 0.3) is 5.91 Å². The van der Waals surface area contributed by atoms with Crippen LogP contribution in [0, 0.1) is 0 Å². The number of fused-ring (bicyclic) bond motifs is 1. The highest BCUT2D eigenvalue weighted by atomic mass is 16.5. The van der Waals surface area contributed by atoms with Gasteiger partial charge in [0.15, 0.2) is 11.5 Å². The Morgan fingerprint density at radius 3 is 2.61 bits per heavy atom. The van der Waals surface area contributed by atoms with E-state index in [1.165, 1.54) is 6.20 Å². The Kier molecular flexibility index (Phi) is 5.28. The number of hydrogen-bond donors (Lipinski definition) is 1. The molecule has 4 aromatic rings. The van der Waals surface area contributed by atoms with E-state index < -0.39 is 0 Å². The van der Waals surface area contributed by atoms with E-state index in [-0.39, 0.29) is 11.6 Å². The van der Waals surface area contributed by atoms with Crippen molar-refractivity contribution in [1.82, 2.24) is 20.0 Å². The van der Waals surface area contributed by atoms with Crippen LogP contribution < -0.4 is 10.2 Å². The molecule has 5 rings (SSSR count). The van der Waals surface area contributed by atoms with Crippen LogP contribution >= 0.6 is 0 Å². The van der Waals surface area contributed by atoms with Crippen LogP contribution in [-0.4, -0.2) is 52.2 Å². The van der Waals surface area contributed by atoms with Gasteiger partial charge in [-0.1, -0.05) is 36.4 Å². The van der Waals surface area contributed by atoms with E-state index >= 15 is 0 Å². The maximum absolute atomic E-state index is 12.8. The molecule has 0 atom stereocenters. The number of rotatable bonds is 5. The summed E-state index contributed by atoms with van der Waals surface area (Å²) in [6.45, 7) is 3.54. The first kappa shape index (κ1) is 19.2. The van der Waals surface area contributed by atoms with Crippen LogP contribution in [0.5, 0.6) is 0 Å². The lowest BCUT2D eigenvalue weighted by atomic mass is 10.1. The second-order valence-electron chi connectivity index (χ2n) is 7.33. The smallest absolute Gasteiger partial charge is 0.277 e. The predicted octanol–water partition coefficient (Wildman–Crippen LogP) is 2.96. The molecule has 31 heavy (non-hydrogen) atoms. The molecule has 0 spiro atoms. The average molecular weight is 414 g/mol. The van der Waals surface area contributed by atoms with Crippen molar-refractivity contribution in [3.05, 3.63) is 78.1 Å². The molecule has 1 saturated heterocycles. The Balaban J connectivity index is 1.59. The summed E-state index contributed by atoms with van der Waals surface area (Å²) < 4.78 is 7.45. The summed E-state index contributed by atoms with van der Waals surface area (Å²) in [5, 5.41) is 16.4. The van der Waals surface area contributed by atoms with E-state index in [4.69, 9.17) is 9.84 Å². The monoisotopic (exact) mass is 414 g/mol. The van der Waals surface area contributed by atoms with Crippen molar-refractivity contribution in [3.63, 3.8) is 0 Å². The first-order chi connectivity index (χ1) is 15.3. The number of nitrogens with one attached hydrogen (secondary N) is 1. The molecule has 1 amide bonds. The van der Waals surface area contributed by atoms with Crippen LogP contribution in [0.3, 0.4) is 0 Å². The molecule has 1 N–H and O–H groups in total. The highest BCUT2D eigenvalue weighted by Gasteiger charge is 2.22. The number of benzene rings is 2. The lowest BCUT2D eigenvalue weighted by Crippen LogP contribution is -2.36. The highest BCUT2D eigenvalue weighted by molar-refractivity contribution is 6.10. The topological polar surface area (TPSA) is 85.2 Å². The molecule has 1 fully saturated rings. The van der Waals surface area contributed by atoms with Gasteiger partial charge in [-0.2, -0.15) is 10.2 Å². The van der Waals surface area contributed by atoms with Gasteiger partial charge in [0, 0.05) is 19.3 Å². The van der Waals surface area contributed by atoms with Crippen molar-refractivity contribution < 1.29 is 9.53 Å². The van der Waals surface area contributed by atoms with Crippen LogP contribution in [0.25, 0.3) is 10.9 Å². The van der Waals surface area contributed by atoms with Gasteiger partial charge in [-0.3, -0.25) is 9.48 Å². The zero-order valence-electron chi connectivity index (χ0n) is 16.9. The maximum atomic E-state index is 12.8. The second-order valence-corrected chi connectivity index (χ2v) is 7.33. The van der Waals surface area contributed by atoms with Crippen molar-refractivity contribution in [3.8, 4) is 0 Å². The summed E-state index contributed by atoms with van der Waals surface area (Å²) in [7, 11) is 0. The minimum Gasteiger partial charge on any atom is -0.378 e. The zero-order valence-corrected chi connectivity index (χ0v) is 16.9. The molecule has 1 aliphatic heterocycles. The van der Waals surface area contributed by atoms with E-state index in [9.17, 15) is 4.79 Å². The van der Waals surface area contributed by atoms with Gasteiger partial charge in [-0.25, -0.2) is 0 Å². The molecule has 8 heteroatoms. The molecular weight excluding hydrogens is 392 g/mol. The van der Waals surface area contributed by atoms with Crippen LogP contribution in [0.4, 0.5) is 11.5 Å². The summed E-state index contributed by atoms with van der Waals surface area (Å²) in [6.07, 6.45) is 1.54. The normalized spacial score (nSPS) is 14.0. The Morgan fingerprint density at radius 1 is 1.00 bits per heavy atom. The van der Waals surface area contributed by atoms with Crippen molar-refractivity contribution in [1.29, 1.82) is 0 Å². The van der Waals surface area contributed by atoms with E-state index in [1.54, 1.807) is 12.1 Å². The SMILES string of the molecule is O=C(Nc1nn(Cc2ccccc2)c2cccc(N3CCOCC3)c12)c1cccnn1. The fourth-order valence-electron chi connectivity index (χ4n) is 3.84. The molecule has 2 aromatic heterocycles. The predicted molar refractivity (Wildman–Crippen MR) is 118 cm³/mol. The van der Waals surface area contributed by atoms with Crippen LogP contribution in [-0.2, 0) is 11.3 Å². The third-order valence-corrected chi connectivity index (χ3v) is 5.32. The van der Waals surface area contributed by atoms with Gasteiger partial charge in [-0.15, -0.1) is 5.10 Å². The van der Waals surface area contributed by atoms with Gasteiger partial charge in [-0.05, 0) is 29.8 Å². The first-order valence-electron chi connectivity index (χ1n) is 10.2. The fraction of sp³-hybridized carbons (Fsp3) is 0.217. The van der Waals surface area contributed by atoms with Crippen LogP contribution in [0.2, 0.25) is 0 Å². The Labute approximate surface area is 179 Å². The van der Waals surface area contributed by atoms with Gasteiger partial charge in [0.2, 0.25) is 0 Å². The van der Waals surface area contributed by atoms with E-state index in [1.807, 2.05) is 35.0 Å². The molecule has 156 valence electrons. The Morgan fingerprint density at radius 2 is 1.84 bits per heavy atom. The minimum absolute atomic E-state index is 0.247. The third-order valence-electron chi connectivity index (χ3n) is 5.32. The number of carbonyl (C=O) groups is 1. The number of nitrogens with zero attached hydrogens (tertiary/aromatic N) is 5. The molecule has 0 radical (unpaired) electrons. The first-order valence-corrected chi connectivity index (χ1v) is 10.2. The molecule has 0 aliphatic carbocycles. The molecule has 0 bridgehead atoms. The van der Waals surface area contributed by atoms with Crippen molar-refractivity contribution in [2.45, 2.75) is 6.54 Å². The van der Waals surface area contributed by atoms with E-state index in [2.05, 4.69) is 38.6 Å². The lowest BCUT2D eigenvalue weighted by molar-refractivity contribution is 0.102. The van der Waals surface area contributed by atoms with Crippen LogP contribution in [0.15, 0.2) is 66.9 Å². The molecule has 0 saturated carbocycles. The summed E-state index contributed by atoms with van der Waals surface area (Å²) in [5.41, 5.74) is 3.38. The Bertz CT molecular complexity index is 1190. The molecule has 1 aliphatic rings. The third kappa shape index (κ3) is 3.97. The largest absolute Gasteiger partial charge is 0.378 e. The number of morpholine rings is 1. The molecule has 2 aromatic carbocycles. The quantitative estimate of drug-likeness (QED) is 0.540. The fourth-order valence-corrected chi connectivity index (χ4v) is 3.84. The summed E-state index contributed by atoms with van der Waals surface area (Å²) in [6, 6.07) is 19.6. The van der Waals surface area contributed by atoms with Crippen molar-refractivity contribution >= 4 is 28.3 Å². The van der Waals surface area contributed by atoms with Gasteiger partial charge >= 0.3 is 0 Å². The van der Waals surface area contributed by atoms with E-state index in [0.29, 0.717) is 25.6 Å². The summed E-state index contributed by atoms with van der Waals surface area (Å²) >= 11 is 0. The maximum Gasteiger partial charge on any atom is 0.277 e. The van der Waals surface area contributed by atoms with E-state index in [0.717, 1.165) is 35.2 Å². The zero-order chi connectivity index (χ0) is 21.0. The summed E-state index contributed by atoms with van der Waals surface area (Å²) in [5.74, 6) is 0.180. The minimum atomic E-state index is -0.337. The molecule has 0 unspecified atom stereocenters. The average Bonchev–Trinajstić information content (AvgIpc) is 3.18. The van der Waals surface area contributed by atoms with Gasteiger partial charge < -0.3 is 15.0 Å². The number of hydrogen-bond acceptors (Lipinski definition) is 6. The van der Waals surface area contributed by atoms with Gasteiger partial charge in [0.1, 0.15) is 0 Å². The van der Waals surface area contributed by atoms with Crippen molar-refractivity contribution in [2.75, 3.05) is 36.5 Å². The molecule has 8 nitrogen and oxygen atoms in total. The van der Waals surface area contributed by atoms with Crippen molar-refractivity contribution in [2.24, 2.45) is 0 Å². The number of amides is 1. The van der Waals surface area contributed by atoms with Crippen LogP contribution in [0.1, 0.15) is 16.1 Å². The number of aromatic nitrogens is 4. The number of anilines is 2.